The lowest BCUT2D eigenvalue weighted by atomic mass is 9.82. The van der Waals surface area contributed by atoms with E-state index in [1.165, 1.54) is 0 Å². The number of ketones is 1. The van der Waals surface area contributed by atoms with Crippen molar-refractivity contribution < 1.29 is 19.5 Å². The molecule has 1 fully saturated rings. The molecule has 0 aromatic carbocycles. The van der Waals surface area contributed by atoms with Crippen molar-refractivity contribution in [3.05, 3.63) is 0 Å². The summed E-state index contributed by atoms with van der Waals surface area (Å²) < 4.78 is 0. The van der Waals surface area contributed by atoms with Gasteiger partial charge >= 0.3 is 0 Å². The molecule has 130 valence electrons. The molecule has 2 N–H and O–H groups in total. The first-order valence-corrected chi connectivity index (χ1v) is 8.44. The average molecular weight is 324 g/mol. The second-order valence-electron chi connectivity index (χ2n) is 6.33. The molecule has 0 bridgehead atoms. The highest BCUT2D eigenvalue weighted by Crippen LogP contribution is 2.25. The molecule has 0 aromatic rings. The van der Waals surface area contributed by atoms with Crippen LogP contribution >= 0.6 is 0 Å². The smallest absolute Gasteiger partial charge is 0.245 e. The van der Waals surface area contributed by atoms with Crippen LogP contribution in [0.1, 0.15) is 58.8 Å². The Kier molecular flexibility index (Phi) is 8.69. The van der Waals surface area contributed by atoms with Crippen LogP contribution in [-0.4, -0.2) is 41.6 Å². The number of rotatable bonds is 8. The molecule has 6 nitrogen and oxygen atoms in total. The molecule has 1 aliphatic rings. The SMILES string of the molecule is CC(C)C(=O)C1CCC(=NC(=O)CCCC(=O)NCCO)CC1. The van der Waals surface area contributed by atoms with E-state index in [4.69, 9.17) is 5.11 Å². The second-order valence-corrected chi connectivity index (χ2v) is 6.33. The number of carbonyl (C=O) groups excluding carboxylic acids is 3. The van der Waals surface area contributed by atoms with Crippen molar-refractivity contribution in [1.29, 1.82) is 0 Å². The maximum absolute atomic E-state index is 11.9. The van der Waals surface area contributed by atoms with Crippen LogP contribution in [0.15, 0.2) is 4.99 Å². The monoisotopic (exact) mass is 324 g/mol. The van der Waals surface area contributed by atoms with E-state index in [9.17, 15) is 14.4 Å². The Labute approximate surface area is 137 Å². The Morgan fingerprint density at radius 2 is 1.87 bits per heavy atom. The summed E-state index contributed by atoms with van der Waals surface area (Å²) in [6.07, 6.45) is 3.98. The molecule has 23 heavy (non-hydrogen) atoms. The van der Waals surface area contributed by atoms with Crippen LogP contribution in [0.4, 0.5) is 0 Å². The zero-order valence-corrected chi connectivity index (χ0v) is 14.1. The number of carbonyl (C=O) groups is 3. The Morgan fingerprint density at radius 3 is 2.43 bits per heavy atom. The maximum atomic E-state index is 11.9. The van der Waals surface area contributed by atoms with E-state index < -0.39 is 0 Å². The predicted molar refractivity (Wildman–Crippen MR) is 88.2 cm³/mol. The quantitative estimate of drug-likeness (QED) is 0.709. The number of hydrogen-bond acceptors (Lipinski definition) is 4. The summed E-state index contributed by atoms with van der Waals surface area (Å²) in [6.45, 7) is 4.00. The molecule has 0 heterocycles. The molecule has 0 saturated heterocycles. The Hall–Kier alpha value is -1.56. The summed E-state index contributed by atoms with van der Waals surface area (Å²) in [5.41, 5.74) is 0.882. The number of nitrogens with zero attached hydrogens (tertiary/aromatic N) is 1. The lowest BCUT2D eigenvalue weighted by molar-refractivity contribution is -0.126. The Morgan fingerprint density at radius 1 is 1.22 bits per heavy atom. The molecule has 0 atom stereocenters. The minimum absolute atomic E-state index is 0.0668. The van der Waals surface area contributed by atoms with Crippen LogP contribution in [-0.2, 0) is 14.4 Å². The fourth-order valence-corrected chi connectivity index (χ4v) is 2.73. The number of aliphatic hydroxyl groups excluding tert-OH is 1. The third kappa shape index (κ3) is 7.50. The van der Waals surface area contributed by atoms with Crippen LogP contribution in [0.25, 0.3) is 0 Å². The number of Topliss-reactive ketones (excluding diaryl/α,β-unsaturated/α-hetero) is 1. The normalized spacial score (nSPS) is 17.9. The van der Waals surface area contributed by atoms with Crippen molar-refractivity contribution >= 4 is 23.3 Å². The van der Waals surface area contributed by atoms with Crippen LogP contribution in [0.5, 0.6) is 0 Å². The Bertz CT molecular complexity index is 448. The minimum Gasteiger partial charge on any atom is -0.395 e. The van der Waals surface area contributed by atoms with Crippen LogP contribution < -0.4 is 5.32 Å². The zero-order chi connectivity index (χ0) is 17.2. The van der Waals surface area contributed by atoms with Crippen LogP contribution in [0, 0.1) is 11.8 Å². The van der Waals surface area contributed by atoms with E-state index in [0.29, 0.717) is 25.0 Å². The molecule has 6 heteroatoms. The van der Waals surface area contributed by atoms with Gasteiger partial charge in [0.1, 0.15) is 5.78 Å². The first-order valence-electron chi connectivity index (χ1n) is 8.44. The van der Waals surface area contributed by atoms with Crippen molar-refractivity contribution in [2.75, 3.05) is 13.2 Å². The summed E-state index contributed by atoms with van der Waals surface area (Å²) in [4.78, 5) is 39.2. The van der Waals surface area contributed by atoms with Crippen molar-refractivity contribution in [2.24, 2.45) is 16.8 Å². The van der Waals surface area contributed by atoms with Crippen LogP contribution in [0.3, 0.4) is 0 Å². The van der Waals surface area contributed by atoms with Crippen molar-refractivity contribution in [1.82, 2.24) is 5.32 Å². The van der Waals surface area contributed by atoms with Gasteiger partial charge in [-0.25, -0.2) is 4.99 Å². The van der Waals surface area contributed by atoms with Crippen LogP contribution in [0.2, 0.25) is 0 Å². The van der Waals surface area contributed by atoms with E-state index in [-0.39, 0.29) is 49.6 Å². The molecular weight excluding hydrogens is 296 g/mol. The zero-order valence-electron chi connectivity index (χ0n) is 14.1. The van der Waals surface area contributed by atoms with E-state index >= 15 is 0 Å². The predicted octanol–water partition coefficient (Wildman–Crippen LogP) is 1.65. The number of aliphatic hydroxyl groups is 1. The lowest BCUT2D eigenvalue weighted by Gasteiger charge is -2.23. The molecule has 0 spiro atoms. The maximum Gasteiger partial charge on any atom is 0.245 e. The fourth-order valence-electron chi connectivity index (χ4n) is 2.73. The fraction of sp³-hybridized carbons (Fsp3) is 0.765. The summed E-state index contributed by atoms with van der Waals surface area (Å²) >= 11 is 0. The summed E-state index contributed by atoms with van der Waals surface area (Å²) in [6, 6.07) is 0. The largest absolute Gasteiger partial charge is 0.395 e. The van der Waals surface area contributed by atoms with Gasteiger partial charge in [-0.15, -0.1) is 0 Å². The van der Waals surface area contributed by atoms with E-state index in [1.807, 2.05) is 13.8 Å². The molecule has 0 aromatic heterocycles. The van der Waals surface area contributed by atoms with Gasteiger partial charge in [0.05, 0.1) is 6.61 Å². The topological polar surface area (TPSA) is 95.8 Å². The minimum atomic E-state index is -0.191. The molecule has 0 radical (unpaired) electrons. The molecular formula is C17H28N2O4. The number of aliphatic imine (C=N–C) groups is 1. The van der Waals surface area contributed by atoms with Gasteiger partial charge in [0.2, 0.25) is 11.8 Å². The third-order valence-corrected chi connectivity index (χ3v) is 4.05. The molecule has 1 saturated carbocycles. The number of amides is 2. The van der Waals surface area contributed by atoms with E-state index in [2.05, 4.69) is 10.3 Å². The number of nitrogens with one attached hydrogen (secondary N) is 1. The first-order chi connectivity index (χ1) is 10.9. The van der Waals surface area contributed by atoms with Gasteiger partial charge < -0.3 is 10.4 Å². The summed E-state index contributed by atoms with van der Waals surface area (Å²) in [7, 11) is 0. The van der Waals surface area contributed by atoms with E-state index in [0.717, 1.165) is 18.6 Å². The highest BCUT2D eigenvalue weighted by atomic mass is 16.3. The molecule has 1 rings (SSSR count). The van der Waals surface area contributed by atoms with Crippen molar-refractivity contribution in [3.63, 3.8) is 0 Å². The molecule has 2 amide bonds. The van der Waals surface area contributed by atoms with Crippen molar-refractivity contribution in [2.45, 2.75) is 58.8 Å². The van der Waals surface area contributed by atoms with Gasteiger partial charge in [-0.2, -0.15) is 0 Å². The summed E-state index contributed by atoms with van der Waals surface area (Å²) in [5.74, 6) is 0.136. The molecule has 0 aliphatic heterocycles. The Balaban J connectivity index is 2.28. The second kappa shape index (κ2) is 10.3. The van der Waals surface area contributed by atoms with Gasteiger partial charge in [0, 0.05) is 36.9 Å². The first kappa shape index (κ1) is 19.5. The van der Waals surface area contributed by atoms with Gasteiger partial charge in [-0.05, 0) is 32.1 Å². The average Bonchev–Trinajstić information content (AvgIpc) is 2.52. The van der Waals surface area contributed by atoms with Gasteiger partial charge in [-0.3, -0.25) is 14.4 Å². The van der Waals surface area contributed by atoms with Gasteiger partial charge in [0.25, 0.3) is 0 Å². The van der Waals surface area contributed by atoms with E-state index in [1.54, 1.807) is 0 Å². The van der Waals surface area contributed by atoms with Gasteiger partial charge in [-0.1, -0.05) is 13.8 Å². The highest BCUT2D eigenvalue weighted by molar-refractivity contribution is 5.97. The van der Waals surface area contributed by atoms with Crippen molar-refractivity contribution in [3.8, 4) is 0 Å². The van der Waals surface area contributed by atoms with Gasteiger partial charge in [0.15, 0.2) is 0 Å². The summed E-state index contributed by atoms with van der Waals surface area (Å²) in [5, 5.41) is 11.1. The lowest BCUT2D eigenvalue weighted by Crippen LogP contribution is -2.26. The molecule has 1 aliphatic carbocycles. The third-order valence-electron chi connectivity index (χ3n) is 4.05. The molecule has 0 unspecified atom stereocenters. The standard InChI is InChI=1S/C17H28N2O4/c1-12(2)17(23)13-6-8-14(9-7-13)19-16(22)5-3-4-15(21)18-10-11-20/h12-13,20H,3-11H2,1-2H3,(H,18,21). The number of hydrogen-bond donors (Lipinski definition) is 2. The highest BCUT2D eigenvalue weighted by Gasteiger charge is 2.25.